The lowest BCUT2D eigenvalue weighted by Crippen LogP contribution is -2.19. The molecule has 1 heterocycles. The molecule has 0 aliphatic heterocycles. The fourth-order valence-corrected chi connectivity index (χ4v) is 2.02. The highest BCUT2D eigenvalue weighted by Crippen LogP contribution is 2.39. The maximum absolute atomic E-state index is 13.1. The Morgan fingerprint density at radius 2 is 1.65 bits per heavy atom. The zero-order chi connectivity index (χ0) is 14.9. The Morgan fingerprint density at radius 1 is 1.05 bits per heavy atom. The molecular formula is C13H13F3N4. The summed E-state index contributed by atoms with van der Waals surface area (Å²) in [4.78, 5) is 7.14. The van der Waals surface area contributed by atoms with Crippen LogP contribution in [0.2, 0.25) is 0 Å². The summed E-state index contributed by atoms with van der Waals surface area (Å²) in [6.45, 7) is 1.62. The molecule has 0 fully saturated rings. The highest BCUT2D eigenvalue weighted by molar-refractivity contribution is 5.50. The first kappa shape index (κ1) is 14.1. The summed E-state index contributed by atoms with van der Waals surface area (Å²) in [5.41, 5.74) is 10.2. The number of alkyl halides is 3. The van der Waals surface area contributed by atoms with Gasteiger partial charge < -0.3 is 11.5 Å². The molecule has 4 nitrogen and oxygen atoms in total. The molecule has 0 radical (unpaired) electrons. The number of hydrogen-bond acceptors (Lipinski definition) is 4. The molecule has 0 spiro atoms. The second kappa shape index (κ2) is 4.99. The fourth-order valence-electron chi connectivity index (χ4n) is 2.02. The van der Waals surface area contributed by atoms with Crippen LogP contribution in [0.4, 0.5) is 24.9 Å². The first-order valence-electron chi connectivity index (χ1n) is 5.85. The van der Waals surface area contributed by atoms with Gasteiger partial charge in [-0.15, -0.1) is 0 Å². The molecule has 1 aromatic carbocycles. The van der Waals surface area contributed by atoms with E-state index in [0.717, 1.165) is 0 Å². The lowest BCUT2D eigenvalue weighted by molar-refractivity contribution is -0.138. The van der Waals surface area contributed by atoms with Crippen molar-refractivity contribution < 1.29 is 13.2 Å². The number of nitrogen functional groups attached to an aromatic ring is 2. The smallest absolute Gasteiger partial charge is 0.383 e. The average molecular weight is 282 g/mol. The topological polar surface area (TPSA) is 77.8 Å². The maximum Gasteiger partial charge on any atom is 0.421 e. The quantitative estimate of drug-likeness (QED) is 0.887. The van der Waals surface area contributed by atoms with Crippen LogP contribution in [-0.2, 0) is 6.18 Å². The summed E-state index contributed by atoms with van der Waals surface area (Å²) < 4.78 is 39.3. The van der Waals surface area contributed by atoms with E-state index in [9.17, 15) is 13.2 Å². The molecule has 20 heavy (non-hydrogen) atoms. The van der Waals surface area contributed by atoms with Crippen LogP contribution < -0.4 is 11.5 Å². The van der Waals surface area contributed by atoms with Gasteiger partial charge >= 0.3 is 6.18 Å². The van der Waals surface area contributed by atoms with Crippen molar-refractivity contribution >= 4 is 11.8 Å². The van der Waals surface area contributed by atoms with Gasteiger partial charge in [0.25, 0.3) is 0 Å². The minimum Gasteiger partial charge on any atom is -0.383 e. The van der Waals surface area contributed by atoms with Crippen molar-refractivity contribution in [2.24, 2.45) is 0 Å². The van der Waals surface area contributed by atoms with Crippen molar-refractivity contribution in [3.05, 3.63) is 47.2 Å². The van der Waals surface area contributed by atoms with Gasteiger partial charge in [-0.1, -0.05) is 37.3 Å². The fraction of sp³-hybridized carbons (Fsp3) is 0.231. The van der Waals surface area contributed by atoms with Crippen LogP contribution in [0.15, 0.2) is 30.3 Å². The van der Waals surface area contributed by atoms with Gasteiger partial charge in [0, 0.05) is 5.92 Å². The zero-order valence-corrected chi connectivity index (χ0v) is 10.6. The predicted octanol–water partition coefficient (Wildman–Crippen LogP) is 2.81. The van der Waals surface area contributed by atoms with Crippen LogP contribution in [0.3, 0.4) is 0 Å². The minimum absolute atomic E-state index is 0.214. The van der Waals surface area contributed by atoms with E-state index < -0.39 is 23.5 Å². The molecule has 0 saturated heterocycles. The van der Waals surface area contributed by atoms with Gasteiger partial charge in [0.15, 0.2) is 0 Å². The van der Waals surface area contributed by atoms with Crippen molar-refractivity contribution in [3.8, 4) is 0 Å². The van der Waals surface area contributed by atoms with Crippen LogP contribution in [0.1, 0.15) is 29.7 Å². The normalized spacial score (nSPS) is 13.2. The van der Waals surface area contributed by atoms with E-state index in [2.05, 4.69) is 9.97 Å². The number of rotatable bonds is 2. The molecule has 0 amide bonds. The molecule has 106 valence electrons. The van der Waals surface area contributed by atoms with Gasteiger partial charge in [-0.25, -0.2) is 4.98 Å². The number of nitrogens with two attached hydrogens (primary N) is 2. The minimum atomic E-state index is -4.63. The molecule has 2 aromatic rings. The van der Waals surface area contributed by atoms with Gasteiger partial charge in [-0.2, -0.15) is 18.2 Å². The lowest BCUT2D eigenvalue weighted by Gasteiger charge is -2.19. The second-order valence-corrected chi connectivity index (χ2v) is 4.36. The van der Waals surface area contributed by atoms with E-state index in [0.29, 0.717) is 5.56 Å². The number of aromatic nitrogens is 2. The molecule has 1 aromatic heterocycles. The molecule has 1 atom stereocenters. The lowest BCUT2D eigenvalue weighted by atomic mass is 9.94. The highest BCUT2D eigenvalue weighted by Gasteiger charge is 2.39. The van der Waals surface area contributed by atoms with E-state index in [4.69, 9.17) is 11.5 Å². The van der Waals surface area contributed by atoms with Crippen LogP contribution in [-0.4, -0.2) is 9.97 Å². The predicted molar refractivity (Wildman–Crippen MR) is 69.8 cm³/mol. The Hall–Kier alpha value is -2.31. The van der Waals surface area contributed by atoms with E-state index in [-0.39, 0.29) is 11.6 Å². The van der Waals surface area contributed by atoms with E-state index >= 15 is 0 Å². The first-order valence-corrected chi connectivity index (χ1v) is 5.85. The van der Waals surface area contributed by atoms with E-state index in [1.165, 1.54) is 0 Å². The third kappa shape index (κ3) is 2.66. The van der Waals surface area contributed by atoms with Crippen molar-refractivity contribution in [1.29, 1.82) is 0 Å². The van der Waals surface area contributed by atoms with Crippen molar-refractivity contribution in [2.45, 2.75) is 19.0 Å². The number of benzene rings is 1. The molecule has 2 rings (SSSR count). The van der Waals surface area contributed by atoms with Crippen LogP contribution >= 0.6 is 0 Å². The number of halogens is 3. The van der Waals surface area contributed by atoms with Gasteiger partial charge in [0.1, 0.15) is 11.4 Å². The van der Waals surface area contributed by atoms with E-state index in [1.807, 2.05) is 0 Å². The molecule has 1 unspecified atom stereocenters. The Morgan fingerprint density at radius 3 is 2.20 bits per heavy atom. The molecule has 4 N–H and O–H groups in total. The SMILES string of the molecule is CC(c1ccccc1)c1nc(N)nc(N)c1C(F)(F)F. The summed E-state index contributed by atoms with van der Waals surface area (Å²) in [7, 11) is 0. The van der Waals surface area contributed by atoms with Gasteiger partial charge in [0.2, 0.25) is 5.95 Å². The Bertz CT molecular complexity index is 611. The second-order valence-electron chi connectivity index (χ2n) is 4.36. The monoisotopic (exact) mass is 282 g/mol. The zero-order valence-electron chi connectivity index (χ0n) is 10.6. The summed E-state index contributed by atoms with van der Waals surface area (Å²) >= 11 is 0. The van der Waals surface area contributed by atoms with Crippen molar-refractivity contribution in [3.63, 3.8) is 0 Å². The molecule has 0 aliphatic carbocycles. The number of hydrogen-bond donors (Lipinski definition) is 2. The number of nitrogens with zero attached hydrogens (tertiary/aromatic N) is 2. The third-order valence-corrected chi connectivity index (χ3v) is 2.98. The third-order valence-electron chi connectivity index (χ3n) is 2.98. The number of anilines is 2. The van der Waals surface area contributed by atoms with Crippen LogP contribution in [0.25, 0.3) is 0 Å². The first-order chi connectivity index (χ1) is 9.30. The Balaban J connectivity index is 2.61. The Kier molecular flexibility index (Phi) is 3.52. The van der Waals surface area contributed by atoms with E-state index in [1.54, 1.807) is 37.3 Å². The van der Waals surface area contributed by atoms with Gasteiger partial charge in [-0.3, -0.25) is 0 Å². The van der Waals surface area contributed by atoms with Gasteiger partial charge in [0.05, 0.1) is 5.69 Å². The van der Waals surface area contributed by atoms with Gasteiger partial charge in [-0.05, 0) is 5.56 Å². The van der Waals surface area contributed by atoms with Crippen molar-refractivity contribution in [2.75, 3.05) is 11.5 Å². The molecule has 7 heteroatoms. The summed E-state index contributed by atoms with van der Waals surface area (Å²) in [5, 5.41) is 0. The summed E-state index contributed by atoms with van der Waals surface area (Å²) in [6, 6.07) is 8.71. The summed E-state index contributed by atoms with van der Waals surface area (Å²) in [5.74, 6) is -1.52. The van der Waals surface area contributed by atoms with Crippen LogP contribution in [0.5, 0.6) is 0 Å². The van der Waals surface area contributed by atoms with Crippen molar-refractivity contribution in [1.82, 2.24) is 9.97 Å². The van der Waals surface area contributed by atoms with Crippen LogP contribution in [0, 0.1) is 0 Å². The Labute approximate surface area is 113 Å². The summed E-state index contributed by atoms with van der Waals surface area (Å²) in [6.07, 6.45) is -4.63. The molecule has 0 bridgehead atoms. The largest absolute Gasteiger partial charge is 0.421 e. The molecular weight excluding hydrogens is 269 g/mol. The average Bonchev–Trinajstić information content (AvgIpc) is 2.36. The highest BCUT2D eigenvalue weighted by atomic mass is 19.4. The molecule has 0 saturated carbocycles. The maximum atomic E-state index is 13.1. The standard InChI is InChI=1S/C13H13F3N4/c1-7(8-5-3-2-4-6-8)10-9(13(14,15)16)11(17)20-12(18)19-10/h2-7H,1H3,(H4,17,18,19,20). The molecule has 0 aliphatic rings.